The molecule has 0 radical (unpaired) electrons. The number of ether oxygens (including phenoxy) is 2. The molecule has 1 aromatic heterocycles. The average Bonchev–Trinajstić information content (AvgIpc) is 2.87. The minimum Gasteiger partial charge on any atom is -0.481 e. The van der Waals surface area contributed by atoms with Crippen LogP contribution in [0.5, 0.6) is 11.5 Å². The third kappa shape index (κ3) is 2.10. The number of benzene rings is 1. The summed E-state index contributed by atoms with van der Waals surface area (Å²) in [7, 11) is 0. The molecule has 19 heavy (non-hydrogen) atoms. The monoisotopic (exact) mass is 257 g/mol. The first kappa shape index (κ1) is 11.5. The highest BCUT2D eigenvalue weighted by molar-refractivity contribution is 5.80. The van der Waals surface area contributed by atoms with Gasteiger partial charge < -0.3 is 14.6 Å². The lowest BCUT2D eigenvalue weighted by atomic mass is 9.92. The predicted molar refractivity (Wildman–Crippen MR) is 66.3 cm³/mol. The van der Waals surface area contributed by atoms with Crippen molar-refractivity contribution in [3.8, 4) is 11.5 Å². The predicted octanol–water partition coefficient (Wildman–Crippen LogP) is 2.03. The van der Waals surface area contributed by atoms with Gasteiger partial charge in [0.1, 0.15) is 5.92 Å². The van der Waals surface area contributed by atoms with Crippen molar-refractivity contribution in [2.75, 3.05) is 6.79 Å². The van der Waals surface area contributed by atoms with Crippen LogP contribution in [-0.2, 0) is 4.79 Å². The normalized spacial score (nSPS) is 14.1. The molecule has 3 rings (SSSR count). The van der Waals surface area contributed by atoms with Gasteiger partial charge in [-0.25, -0.2) is 0 Å². The van der Waals surface area contributed by atoms with E-state index in [2.05, 4.69) is 4.98 Å². The van der Waals surface area contributed by atoms with Crippen LogP contribution in [0, 0.1) is 0 Å². The van der Waals surface area contributed by atoms with Crippen LogP contribution in [0.1, 0.15) is 17.0 Å². The molecular formula is C14H11NO4. The van der Waals surface area contributed by atoms with Crippen molar-refractivity contribution < 1.29 is 19.4 Å². The van der Waals surface area contributed by atoms with Crippen molar-refractivity contribution >= 4 is 5.97 Å². The molecule has 5 nitrogen and oxygen atoms in total. The first-order chi connectivity index (χ1) is 9.25. The second-order valence-electron chi connectivity index (χ2n) is 4.17. The summed E-state index contributed by atoms with van der Waals surface area (Å²) in [4.78, 5) is 15.5. The highest BCUT2D eigenvalue weighted by Gasteiger charge is 2.24. The lowest BCUT2D eigenvalue weighted by molar-refractivity contribution is -0.137. The summed E-state index contributed by atoms with van der Waals surface area (Å²) in [6.45, 7) is 0.170. The van der Waals surface area contributed by atoms with Crippen molar-refractivity contribution in [2.45, 2.75) is 5.92 Å². The Kier molecular flexibility index (Phi) is 2.79. The van der Waals surface area contributed by atoms with E-state index in [0.29, 0.717) is 22.6 Å². The fourth-order valence-electron chi connectivity index (χ4n) is 2.12. The zero-order chi connectivity index (χ0) is 13.2. The van der Waals surface area contributed by atoms with Crippen LogP contribution in [-0.4, -0.2) is 22.9 Å². The Balaban J connectivity index is 2.04. The van der Waals surface area contributed by atoms with E-state index >= 15 is 0 Å². The SMILES string of the molecule is O=C(O)C(c1cccnc1)c1ccc2c(c1)OCO2. The van der Waals surface area contributed by atoms with Crippen LogP contribution >= 0.6 is 0 Å². The number of carboxylic acid groups (broad SMARTS) is 1. The molecule has 0 bridgehead atoms. The number of carboxylic acids is 1. The van der Waals surface area contributed by atoms with Gasteiger partial charge in [0.25, 0.3) is 0 Å². The molecule has 0 fully saturated rings. The number of hydrogen-bond acceptors (Lipinski definition) is 4. The second kappa shape index (κ2) is 4.61. The number of nitrogens with zero attached hydrogens (tertiary/aromatic N) is 1. The molecule has 96 valence electrons. The van der Waals surface area contributed by atoms with Gasteiger partial charge in [-0.3, -0.25) is 9.78 Å². The number of aromatic nitrogens is 1. The summed E-state index contributed by atoms with van der Waals surface area (Å²) in [6, 6.07) is 8.63. The Morgan fingerprint density at radius 3 is 2.79 bits per heavy atom. The van der Waals surface area contributed by atoms with Crippen molar-refractivity contribution in [1.29, 1.82) is 0 Å². The van der Waals surface area contributed by atoms with Crippen LogP contribution in [0.4, 0.5) is 0 Å². The highest BCUT2D eigenvalue weighted by atomic mass is 16.7. The molecule has 0 amide bonds. The van der Waals surface area contributed by atoms with Crippen LogP contribution in [0.15, 0.2) is 42.7 Å². The molecule has 0 saturated heterocycles. The van der Waals surface area contributed by atoms with E-state index in [0.717, 1.165) is 0 Å². The van der Waals surface area contributed by atoms with Crippen molar-refractivity contribution in [2.24, 2.45) is 0 Å². The van der Waals surface area contributed by atoms with Crippen LogP contribution in [0.25, 0.3) is 0 Å². The van der Waals surface area contributed by atoms with E-state index in [4.69, 9.17) is 9.47 Å². The zero-order valence-corrected chi connectivity index (χ0v) is 9.95. The molecule has 1 aromatic carbocycles. The van der Waals surface area contributed by atoms with E-state index in [1.165, 1.54) is 0 Å². The highest BCUT2D eigenvalue weighted by Crippen LogP contribution is 2.36. The number of aliphatic carboxylic acids is 1. The summed E-state index contributed by atoms with van der Waals surface area (Å²) >= 11 is 0. The lowest BCUT2D eigenvalue weighted by Crippen LogP contribution is -2.13. The van der Waals surface area contributed by atoms with Gasteiger partial charge in [-0.15, -0.1) is 0 Å². The number of hydrogen-bond donors (Lipinski definition) is 1. The molecule has 1 aliphatic heterocycles. The Bertz CT molecular complexity index is 612. The van der Waals surface area contributed by atoms with Crippen LogP contribution in [0.2, 0.25) is 0 Å². The molecule has 2 heterocycles. The van der Waals surface area contributed by atoms with E-state index in [9.17, 15) is 9.90 Å². The molecule has 1 unspecified atom stereocenters. The maximum Gasteiger partial charge on any atom is 0.315 e. The minimum absolute atomic E-state index is 0.170. The van der Waals surface area contributed by atoms with Gasteiger partial charge in [0, 0.05) is 12.4 Å². The van der Waals surface area contributed by atoms with Gasteiger partial charge >= 0.3 is 5.97 Å². The van der Waals surface area contributed by atoms with Crippen molar-refractivity contribution in [3.05, 3.63) is 53.9 Å². The standard InChI is InChI=1S/C14H11NO4/c16-14(17)13(10-2-1-5-15-7-10)9-3-4-11-12(6-9)19-8-18-11/h1-7,13H,8H2,(H,16,17). The second-order valence-corrected chi connectivity index (χ2v) is 4.17. The largest absolute Gasteiger partial charge is 0.481 e. The summed E-state index contributed by atoms with van der Waals surface area (Å²) in [5, 5.41) is 9.43. The Morgan fingerprint density at radius 1 is 1.21 bits per heavy atom. The molecule has 1 N–H and O–H groups in total. The maximum absolute atomic E-state index is 11.5. The van der Waals surface area contributed by atoms with E-state index < -0.39 is 11.9 Å². The first-order valence-corrected chi connectivity index (χ1v) is 5.78. The molecule has 5 heteroatoms. The molecule has 2 aromatic rings. The summed E-state index contributed by atoms with van der Waals surface area (Å²) in [5.41, 5.74) is 1.28. The number of carbonyl (C=O) groups is 1. The number of fused-ring (bicyclic) bond motifs is 1. The minimum atomic E-state index is -0.924. The molecule has 0 aliphatic carbocycles. The van der Waals surface area contributed by atoms with Crippen LogP contribution < -0.4 is 9.47 Å². The topological polar surface area (TPSA) is 68.7 Å². The summed E-state index contributed by atoms with van der Waals surface area (Å²) in [5.74, 6) is -0.471. The lowest BCUT2D eigenvalue weighted by Gasteiger charge is -2.13. The van der Waals surface area contributed by atoms with Gasteiger partial charge in [-0.05, 0) is 29.3 Å². The zero-order valence-electron chi connectivity index (χ0n) is 9.95. The first-order valence-electron chi connectivity index (χ1n) is 5.78. The van der Waals surface area contributed by atoms with E-state index in [1.54, 1.807) is 42.7 Å². The summed E-state index contributed by atoms with van der Waals surface area (Å²) < 4.78 is 10.5. The molecule has 1 atom stereocenters. The number of pyridine rings is 1. The Labute approximate surface area is 109 Å². The number of rotatable bonds is 3. The van der Waals surface area contributed by atoms with E-state index in [1.807, 2.05) is 0 Å². The third-order valence-corrected chi connectivity index (χ3v) is 2.99. The molecule has 1 aliphatic rings. The molecule has 0 saturated carbocycles. The van der Waals surface area contributed by atoms with Crippen LogP contribution in [0.3, 0.4) is 0 Å². The van der Waals surface area contributed by atoms with Gasteiger partial charge in [0.05, 0.1) is 0 Å². The molecular weight excluding hydrogens is 246 g/mol. The van der Waals surface area contributed by atoms with E-state index in [-0.39, 0.29) is 6.79 Å². The fraction of sp³-hybridized carbons (Fsp3) is 0.143. The van der Waals surface area contributed by atoms with Gasteiger partial charge in [-0.2, -0.15) is 0 Å². The third-order valence-electron chi connectivity index (χ3n) is 2.99. The van der Waals surface area contributed by atoms with Gasteiger partial charge in [0.2, 0.25) is 6.79 Å². The quantitative estimate of drug-likeness (QED) is 0.911. The van der Waals surface area contributed by atoms with Crippen molar-refractivity contribution in [1.82, 2.24) is 4.98 Å². The van der Waals surface area contributed by atoms with Gasteiger partial charge in [-0.1, -0.05) is 12.1 Å². The Morgan fingerprint density at radius 2 is 2.05 bits per heavy atom. The Hall–Kier alpha value is -2.56. The molecule has 0 spiro atoms. The van der Waals surface area contributed by atoms with Gasteiger partial charge in [0.15, 0.2) is 11.5 Å². The smallest absolute Gasteiger partial charge is 0.315 e. The average molecular weight is 257 g/mol. The van der Waals surface area contributed by atoms with Crippen molar-refractivity contribution in [3.63, 3.8) is 0 Å². The maximum atomic E-state index is 11.5. The summed E-state index contributed by atoms with van der Waals surface area (Å²) in [6.07, 6.45) is 3.17. The fourth-order valence-corrected chi connectivity index (χ4v) is 2.12.